The second-order valence-corrected chi connectivity index (χ2v) is 37.7. The van der Waals surface area contributed by atoms with Crippen LogP contribution < -0.4 is 77.8 Å². The smallest absolute Gasteiger partial charge is 0.330 e. The second kappa shape index (κ2) is 44.5. The standard InChI is InChI=1S/C93H121ClN12O26S/c1-9-10-11-12-13-16-19-49-20-27-55(28-21-49)133(125,126)98-33-18-15-14-17-32-97-43-58-47(5)71-56-36-50(22-29-62(56)108)72-86(118)105-76(89(121)103-74(90(122)123)57(71)40-63(58)109)78(112)52-24-31-65(59(94)37-52)129-67-39-53-38-66(81(67)132-91-82(80(114)79(113)68(44-107)130-91)131-70-42-93(7,83(115)48(6)127-70)106-92(124)99-54-25-26-54)128-64-30-23-51(35-46(64)4)77(111)75(104-84(116)60(96-8)34-45(2)3)88(120)100-61(41-69(95)110)85(117)101-73(53)87(119)102-72/h20-24,27-31,35-40,45,48,54,60-61,68,70,72-80,82-83,91,96-98,107-109,111-115H,9-19,25-26,32-34,41-44H2,1-8H3,(H2,95,110)(H,100,120)(H,101,117)(H,102,119)(H,103,121)(H,104,116)(H,105,118)(H,122,123)(H2,99,106,124)/t48-,60+,61-,68+,70-,72+,73+,74-,75+,76-,77+,78+,79+,80-,82+,83+,91-,93-/m0/s1. The highest BCUT2D eigenvalue weighted by atomic mass is 35.5. The number of likely N-dealkylation sites (N-methyl/N-ethyl adjacent to an activating group) is 1. The van der Waals surface area contributed by atoms with Crippen LogP contribution in [0.4, 0.5) is 4.79 Å². The normalized spacial score (nSPS) is 25.8. The average Bonchev–Trinajstić information content (AvgIpc) is 1.60. The summed E-state index contributed by atoms with van der Waals surface area (Å²) in [5, 5.41) is 134. The molecule has 3 fully saturated rings. The molecule has 0 aromatic heterocycles. The van der Waals surface area contributed by atoms with Crippen LogP contribution in [0.1, 0.15) is 211 Å². The Labute approximate surface area is 774 Å². The van der Waals surface area contributed by atoms with Crippen LogP contribution >= 0.6 is 11.6 Å². The summed E-state index contributed by atoms with van der Waals surface area (Å²) < 4.78 is 68.7. The van der Waals surface area contributed by atoms with E-state index in [1.165, 1.54) is 96.8 Å². The number of fused-ring (bicyclic) bond motifs is 15. The molecule has 0 radical (unpaired) electrons. The summed E-state index contributed by atoms with van der Waals surface area (Å²) in [7, 11) is -2.29. The zero-order valence-electron chi connectivity index (χ0n) is 75.2. The van der Waals surface area contributed by atoms with Gasteiger partial charge in [0.05, 0.1) is 40.6 Å². The number of primary amides is 1. The third-order valence-corrected chi connectivity index (χ3v) is 26.6. The predicted octanol–water partition coefficient (Wildman–Crippen LogP) is 5.40. The third kappa shape index (κ3) is 24.6. The van der Waals surface area contributed by atoms with Crippen molar-refractivity contribution in [2.24, 2.45) is 11.7 Å². The van der Waals surface area contributed by atoms with Gasteiger partial charge < -0.3 is 133 Å². The number of aromatic hydroxyl groups is 2. The molecule has 1 saturated carbocycles. The molecule has 8 aliphatic rings. The summed E-state index contributed by atoms with van der Waals surface area (Å²) in [6.07, 6.45) is -7.65. The first kappa shape index (κ1) is 101. The number of nitrogens with one attached hydrogen (secondary N) is 11. The predicted molar refractivity (Wildman–Crippen MR) is 481 cm³/mol. The molecular weight excluding hydrogens is 1770 g/mol. The van der Waals surface area contributed by atoms with E-state index < -0.39 is 225 Å². The van der Waals surface area contributed by atoms with Gasteiger partial charge >= 0.3 is 12.0 Å². The summed E-state index contributed by atoms with van der Waals surface area (Å²) in [4.78, 5) is 134. The minimum absolute atomic E-state index is 0.0430. The number of ether oxygens (including phenoxy) is 6. The van der Waals surface area contributed by atoms with E-state index in [2.05, 4.69) is 64.8 Å². The van der Waals surface area contributed by atoms with Gasteiger partial charge in [-0.15, -0.1) is 0 Å². The number of hydrogen-bond donors (Lipinski definition) is 21. The number of nitrogens with two attached hydrogens (primary N) is 1. The van der Waals surface area contributed by atoms with Crippen molar-refractivity contribution in [2.45, 2.75) is 278 Å². The van der Waals surface area contributed by atoms with Crippen molar-refractivity contribution in [2.75, 3.05) is 26.7 Å². The van der Waals surface area contributed by atoms with E-state index in [4.69, 9.17) is 45.8 Å². The molecule has 22 N–H and O–H groups in total. The maximum Gasteiger partial charge on any atom is 0.330 e. The number of carbonyl (C=O) groups is 9. The minimum atomic E-state index is -3.78. The Morgan fingerprint density at radius 3 is 1.98 bits per heavy atom. The molecule has 133 heavy (non-hydrogen) atoms. The van der Waals surface area contributed by atoms with Gasteiger partial charge in [0.2, 0.25) is 63.4 Å². The third-order valence-electron chi connectivity index (χ3n) is 24.8. The van der Waals surface area contributed by atoms with E-state index in [-0.39, 0.29) is 104 Å². The molecule has 0 spiro atoms. The zero-order valence-corrected chi connectivity index (χ0v) is 76.8. The summed E-state index contributed by atoms with van der Waals surface area (Å²) >= 11 is 7.23. The van der Waals surface area contributed by atoms with Crippen molar-refractivity contribution >= 4 is 75.0 Å². The molecular formula is C93H121ClN12O26S. The van der Waals surface area contributed by atoms with Crippen LogP contribution in [0.25, 0.3) is 11.1 Å². The first-order chi connectivity index (χ1) is 63.3. The molecule has 6 aromatic carbocycles. The first-order valence-electron chi connectivity index (χ1n) is 44.9. The monoisotopic (exact) mass is 1890 g/mol. The molecule has 40 heteroatoms. The van der Waals surface area contributed by atoms with Gasteiger partial charge in [0.25, 0.3) is 0 Å². The molecule has 38 nitrogen and oxygen atoms in total. The Balaban J connectivity index is 0.956. The Bertz CT molecular complexity index is 5360. The van der Waals surface area contributed by atoms with Crippen molar-refractivity contribution in [3.8, 4) is 51.4 Å². The molecule has 7 heterocycles. The SMILES string of the molecule is CCCCCCCCc1ccc(S(=O)(=O)NCCCCCCNCc2c(O)cc3c(c2C)-c2cc(ccc2O)[C@H]2NC(=O)[C@@H]4NC(=O)[C@H](CC(N)=O)NC(=O)[C@H](NC(=O)[C@@H](CC(C)C)NC)[C@H](O)c5ccc(c(C)c5)Oc5cc4cc(c5O[C@@H]4O[C@H](CO)[C@@H](O)[C@H](O)[C@H]4O[C@H]4C[C@](C)(NC(=O)NC5CC5)[C@H](O)[C@H](C)O4)Oc4ccc(cc4Cl)[C@@H](O)[C@H](NC2=O)C(=O)N[C@@H]3C(=O)O)cc1. The van der Waals surface area contributed by atoms with Crippen molar-refractivity contribution < 1.29 is 126 Å². The number of aryl methyl sites for hydroxylation is 2. The number of phenolic OH excluding ortho intramolecular Hbond substituents is 2. The van der Waals surface area contributed by atoms with Crippen LogP contribution in [0.5, 0.6) is 40.2 Å². The van der Waals surface area contributed by atoms with Crippen LogP contribution in [0.2, 0.25) is 5.02 Å². The van der Waals surface area contributed by atoms with E-state index in [1.54, 1.807) is 12.1 Å². The molecule has 7 aliphatic heterocycles. The number of carbonyl (C=O) groups excluding carboxylic acids is 8. The highest BCUT2D eigenvalue weighted by Crippen LogP contribution is 2.50. The number of halogens is 1. The van der Waals surface area contributed by atoms with Crippen LogP contribution in [0, 0.1) is 19.8 Å². The number of sulfonamides is 1. The van der Waals surface area contributed by atoms with Gasteiger partial charge in [-0.2, -0.15) is 0 Å². The molecule has 11 bridgehead atoms. The number of hydrogen-bond acceptors (Lipinski definition) is 27. The number of aliphatic hydroxyl groups excluding tert-OH is 6. The number of phenols is 2. The van der Waals surface area contributed by atoms with Crippen molar-refractivity contribution in [3.05, 3.63) is 152 Å². The van der Waals surface area contributed by atoms with Gasteiger partial charge in [0.15, 0.2) is 29.9 Å². The van der Waals surface area contributed by atoms with Crippen LogP contribution in [0.15, 0.2) is 102 Å². The Hall–Kier alpha value is -10.9. The van der Waals surface area contributed by atoms with Gasteiger partial charge in [-0.25, -0.2) is 22.7 Å². The van der Waals surface area contributed by atoms with Gasteiger partial charge in [-0.3, -0.25) is 33.6 Å². The lowest BCUT2D eigenvalue weighted by Crippen LogP contribution is -2.67. The second-order valence-electron chi connectivity index (χ2n) is 35.5. The zero-order chi connectivity index (χ0) is 96.2. The number of rotatable bonds is 33. The average molecular weight is 1890 g/mol. The molecule has 9 amide bonds. The number of unbranched alkanes of at least 4 members (excludes halogenated alkanes) is 8. The highest BCUT2D eigenvalue weighted by molar-refractivity contribution is 7.89. The number of aliphatic carboxylic acids is 1. The quantitative estimate of drug-likeness (QED) is 0.0229. The van der Waals surface area contributed by atoms with Gasteiger partial charge in [0.1, 0.15) is 89.8 Å². The van der Waals surface area contributed by atoms with Crippen LogP contribution in [0.3, 0.4) is 0 Å². The molecule has 14 rings (SSSR count). The number of aliphatic hydroxyl groups is 6. The molecule has 2 saturated heterocycles. The maximum atomic E-state index is 16.5. The van der Waals surface area contributed by atoms with E-state index >= 15 is 24.0 Å². The fourth-order valence-electron chi connectivity index (χ4n) is 17.2. The molecule has 6 aromatic rings. The first-order valence-corrected chi connectivity index (χ1v) is 46.8. The van der Waals surface area contributed by atoms with E-state index in [9.17, 15) is 73.6 Å². The lowest BCUT2D eigenvalue weighted by atomic mass is 9.85. The number of amides is 9. The largest absolute Gasteiger partial charge is 0.508 e. The van der Waals surface area contributed by atoms with Gasteiger partial charge in [-0.1, -0.05) is 108 Å². The van der Waals surface area contributed by atoms with E-state index in [0.717, 1.165) is 74.1 Å². The lowest BCUT2D eigenvalue weighted by molar-refractivity contribution is -0.334. The Kier molecular flexibility index (Phi) is 33.8. The molecule has 0 unspecified atom stereocenters. The van der Waals surface area contributed by atoms with Crippen molar-refractivity contribution in [1.29, 1.82) is 0 Å². The van der Waals surface area contributed by atoms with Crippen molar-refractivity contribution in [1.82, 2.24) is 57.9 Å². The highest BCUT2D eigenvalue weighted by Gasteiger charge is 2.53. The summed E-state index contributed by atoms with van der Waals surface area (Å²) in [5.74, 6) is -14.1. The van der Waals surface area contributed by atoms with E-state index in [1.807, 2.05) is 26.0 Å². The number of benzene rings is 6. The Morgan fingerprint density at radius 2 is 1.32 bits per heavy atom. The number of carboxylic acids is 1. The fourth-order valence-corrected chi connectivity index (χ4v) is 18.5. The van der Waals surface area contributed by atoms with Crippen molar-refractivity contribution in [3.63, 3.8) is 0 Å². The topological polar surface area (TPSA) is 584 Å². The molecule has 18 atom stereocenters. The van der Waals surface area contributed by atoms with E-state index in [0.29, 0.717) is 32.2 Å². The van der Waals surface area contributed by atoms with Crippen LogP contribution in [-0.2, 0) is 75.6 Å². The lowest BCUT2D eigenvalue weighted by Gasteiger charge is -2.48. The van der Waals surface area contributed by atoms with Gasteiger partial charge in [-0.05, 0) is 209 Å². The molecule has 1 aliphatic carbocycles. The number of carboxylic acid groups (broad SMARTS) is 1. The maximum absolute atomic E-state index is 16.5. The molecule has 722 valence electrons. The minimum Gasteiger partial charge on any atom is -0.508 e. The van der Waals surface area contributed by atoms with Gasteiger partial charge in [0, 0.05) is 36.7 Å². The Morgan fingerprint density at radius 1 is 0.684 bits per heavy atom. The fraction of sp³-hybridized carbons (Fsp3) is 0.516. The summed E-state index contributed by atoms with van der Waals surface area (Å²) in [5.41, 5.74) is 4.11. The summed E-state index contributed by atoms with van der Waals surface area (Å²) in [6.45, 7) is 11.3. The van der Waals surface area contributed by atoms with Crippen LogP contribution in [-0.4, -0.2) is 219 Å². The number of urea groups is 1. The summed E-state index contributed by atoms with van der Waals surface area (Å²) in [6, 6.07) is 6.22.